The maximum atomic E-state index is 10.8. The number of carbonyl (C=O) groups is 1. The van der Waals surface area contributed by atoms with Gasteiger partial charge in [-0.15, -0.1) is 0 Å². The van der Waals surface area contributed by atoms with Crippen molar-refractivity contribution < 1.29 is 9.53 Å². The van der Waals surface area contributed by atoms with E-state index in [2.05, 4.69) is 10.3 Å². The molecule has 0 aromatic carbocycles. The summed E-state index contributed by atoms with van der Waals surface area (Å²) in [6.07, 6.45) is 0. The monoisotopic (exact) mass is 194 g/mol. The van der Waals surface area contributed by atoms with E-state index in [0.29, 0.717) is 5.88 Å². The quantitative estimate of drug-likeness (QED) is 0.788. The van der Waals surface area contributed by atoms with Crippen molar-refractivity contribution in [1.82, 2.24) is 10.3 Å². The zero-order chi connectivity index (χ0) is 10.6. The van der Waals surface area contributed by atoms with Gasteiger partial charge in [-0.05, 0) is 13.0 Å². The number of nitrogens with zero attached hydrogens (tertiary/aromatic N) is 1. The Balaban J connectivity index is 2.78. The largest absolute Gasteiger partial charge is 0.481 e. The average Bonchev–Trinajstić information content (AvgIpc) is 2.17. The molecular formula is C10H14N2O2. The fraction of sp³-hybridized carbons (Fsp3) is 0.400. The van der Waals surface area contributed by atoms with Crippen LogP contribution in [0.25, 0.3) is 0 Å². The molecule has 0 radical (unpaired) electrons. The molecule has 0 spiro atoms. The summed E-state index contributed by atoms with van der Waals surface area (Å²) in [4.78, 5) is 15.0. The van der Waals surface area contributed by atoms with E-state index in [0.717, 1.165) is 5.69 Å². The molecule has 0 aliphatic rings. The molecule has 4 nitrogen and oxygen atoms in total. The molecule has 14 heavy (non-hydrogen) atoms. The van der Waals surface area contributed by atoms with Crippen molar-refractivity contribution in [1.29, 1.82) is 0 Å². The van der Waals surface area contributed by atoms with Crippen molar-refractivity contribution in [3.05, 3.63) is 23.9 Å². The van der Waals surface area contributed by atoms with E-state index in [1.165, 1.54) is 6.92 Å². The highest BCUT2D eigenvalue weighted by molar-refractivity contribution is 5.73. The van der Waals surface area contributed by atoms with Gasteiger partial charge in [0.15, 0.2) is 0 Å². The van der Waals surface area contributed by atoms with Gasteiger partial charge in [-0.2, -0.15) is 0 Å². The average molecular weight is 194 g/mol. The van der Waals surface area contributed by atoms with Gasteiger partial charge in [0, 0.05) is 13.0 Å². The number of hydrogen-bond acceptors (Lipinski definition) is 3. The molecule has 1 atom stereocenters. The smallest absolute Gasteiger partial charge is 0.217 e. The zero-order valence-corrected chi connectivity index (χ0v) is 8.57. The number of nitrogens with one attached hydrogen (secondary N) is 1. The summed E-state index contributed by atoms with van der Waals surface area (Å²) in [6.45, 7) is 3.36. The van der Waals surface area contributed by atoms with Gasteiger partial charge < -0.3 is 10.1 Å². The number of pyridine rings is 1. The summed E-state index contributed by atoms with van der Waals surface area (Å²) in [6, 6.07) is 5.37. The second-order valence-corrected chi connectivity index (χ2v) is 3.03. The molecule has 1 aromatic rings. The first-order valence-electron chi connectivity index (χ1n) is 4.41. The van der Waals surface area contributed by atoms with E-state index < -0.39 is 0 Å². The third-order valence-electron chi connectivity index (χ3n) is 1.82. The van der Waals surface area contributed by atoms with Crippen LogP contribution in [0.5, 0.6) is 5.88 Å². The standard InChI is InChI=1S/C10H14N2O2/c1-7(11-8(2)13)9-5-4-6-10(12-9)14-3/h4-7H,1-3H3,(H,11,13). The number of carbonyl (C=O) groups excluding carboxylic acids is 1. The minimum atomic E-state index is -0.0948. The van der Waals surface area contributed by atoms with Crippen LogP contribution in [0, 0.1) is 0 Å². The van der Waals surface area contributed by atoms with E-state index in [1.54, 1.807) is 13.2 Å². The van der Waals surface area contributed by atoms with Crippen LogP contribution in [-0.4, -0.2) is 18.0 Å². The molecule has 1 rings (SSSR count). The van der Waals surface area contributed by atoms with Crippen molar-refractivity contribution in [3.63, 3.8) is 0 Å². The number of hydrogen-bond donors (Lipinski definition) is 1. The lowest BCUT2D eigenvalue weighted by atomic mass is 10.2. The van der Waals surface area contributed by atoms with Crippen LogP contribution in [0.1, 0.15) is 25.6 Å². The summed E-state index contributed by atoms with van der Waals surface area (Å²) in [5.74, 6) is 0.488. The van der Waals surface area contributed by atoms with Gasteiger partial charge in [0.25, 0.3) is 0 Å². The second kappa shape index (κ2) is 4.60. The molecule has 0 aliphatic carbocycles. The Morgan fingerprint density at radius 1 is 1.57 bits per heavy atom. The van der Waals surface area contributed by atoms with Gasteiger partial charge in [-0.1, -0.05) is 6.07 Å². The molecule has 0 aliphatic heterocycles. The molecule has 1 aromatic heterocycles. The van der Waals surface area contributed by atoms with E-state index >= 15 is 0 Å². The van der Waals surface area contributed by atoms with Gasteiger partial charge in [-0.3, -0.25) is 4.79 Å². The highest BCUT2D eigenvalue weighted by Crippen LogP contribution is 2.13. The summed E-state index contributed by atoms with van der Waals surface area (Å²) >= 11 is 0. The Morgan fingerprint density at radius 2 is 2.29 bits per heavy atom. The lowest BCUT2D eigenvalue weighted by Gasteiger charge is -2.12. The highest BCUT2D eigenvalue weighted by atomic mass is 16.5. The normalized spacial score (nSPS) is 11.9. The summed E-state index contributed by atoms with van der Waals surface area (Å²) in [5, 5.41) is 2.75. The van der Waals surface area contributed by atoms with Crippen LogP contribution in [0.15, 0.2) is 18.2 Å². The van der Waals surface area contributed by atoms with Crippen LogP contribution < -0.4 is 10.1 Å². The molecule has 0 bridgehead atoms. The van der Waals surface area contributed by atoms with Crippen molar-refractivity contribution in [3.8, 4) is 5.88 Å². The Morgan fingerprint density at radius 3 is 2.86 bits per heavy atom. The van der Waals surface area contributed by atoms with Gasteiger partial charge in [0.2, 0.25) is 11.8 Å². The Kier molecular flexibility index (Phi) is 3.45. The van der Waals surface area contributed by atoms with Crippen LogP contribution in [0.3, 0.4) is 0 Å². The van der Waals surface area contributed by atoms with Crippen molar-refractivity contribution >= 4 is 5.91 Å². The van der Waals surface area contributed by atoms with Crippen LogP contribution in [-0.2, 0) is 4.79 Å². The number of aromatic nitrogens is 1. The van der Waals surface area contributed by atoms with Crippen molar-refractivity contribution in [2.75, 3.05) is 7.11 Å². The number of amides is 1. The van der Waals surface area contributed by atoms with Gasteiger partial charge in [0.1, 0.15) is 0 Å². The highest BCUT2D eigenvalue weighted by Gasteiger charge is 2.08. The molecule has 1 heterocycles. The molecule has 76 valence electrons. The Bertz CT molecular complexity index is 326. The van der Waals surface area contributed by atoms with E-state index in [4.69, 9.17) is 4.74 Å². The lowest BCUT2D eigenvalue weighted by Crippen LogP contribution is -2.24. The summed E-state index contributed by atoms with van der Waals surface area (Å²) in [5.41, 5.74) is 0.791. The van der Waals surface area contributed by atoms with Gasteiger partial charge in [0.05, 0.1) is 18.8 Å². The van der Waals surface area contributed by atoms with Crippen molar-refractivity contribution in [2.45, 2.75) is 19.9 Å². The van der Waals surface area contributed by atoms with Gasteiger partial charge in [-0.25, -0.2) is 4.98 Å². The fourth-order valence-corrected chi connectivity index (χ4v) is 1.16. The first-order chi connectivity index (χ1) is 6.63. The molecule has 1 unspecified atom stereocenters. The summed E-state index contributed by atoms with van der Waals surface area (Å²) < 4.78 is 4.99. The minimum Gasteiger partial charge on any atom is -0.481 e. The number of methoxy groups -OCH3 is 1. The molecule has 0 fully saturated rings. The maximum absolute atomic E-state index is 10.8. The maximum Gasteiger partial charge on any atom is 0.217 e. The molecule has 4 heteroatoms. The van der Waals surface area contributed by atoms with Gasteiger partial charge >= 0.3 is 0 Å². The predicted octanol–water partition coefficient (Wildman–Crippen LogP) is 1.29. The first-order valence-corrected chi connectivity index (χ1v) is 4.41. The van der Waals surface area contributed by atoms with Crippen LogP contribution in [0.2, 0.25) is 0 Å². The Labute approximate surface area is 83.3 Å². The molecule has 0 saturated carbocycles. The van der Waals surface area contributed by atoms with E-state index in [9.17, 15) is 4.79 Å². The SMILES string of the molecule is COc1cccc(C(C)NC(C)=O)n1. The minimum absolute atomic E-state index is 0.0675. The fourth-order valence-electron chi connectivity index (χ4n) is 1.16. The third kappa shape index (κ3) is 2.73. The van der Waals surface area contributed by atoms with Crippen LogP contribution in [0.4, 0.5) is 0 Å². The number of ether oxygens (including phenoxy) is 1. The first kappa shape index (κ1) is 10.5. The molecule has 1 amide bonds. The van der Waals surface area contributed by atoms with E-state index in [-0.39, 0.29) is 11.9 Å². The predicted molar refractivity (Wildman–Crippen MR) is 53.0 cm³/mol. The number of rotatable bonds is 3. The third-order valence-corrected chi connectivity index (χ3v) is 1.82. The molecular weight excluding hydrogens is 180 g/mol. The summed E-state index contributed by atoms with van der Waals surface area (Å²) in [7, 11) is 1.56. The van der Waals surface area contributed by atoms with Crippen LogP contribution >= 0.6 is 0 Å². The second-order valence-electron chi connectivity index (χ2n) is 3.03. The topological polar surface area (TPSA) is 51.2 Å². The molecule has 0 saturated heterocycles. The van der Waals surface area contributed by atoms with Crippen molar-refractivity contribution in [2.24, 2.45) is 0 Å². The molecule has 1 N–H and O–H groups in total. The zero-order valence-electron chi connectivity index (χ0n) is 8.57. The Hall–Kier alpha value is -1.58. The lowest BCUT2D eigenvalue weighted by molar-refractivity contribution is -0.119. The van der Waals surface area contributed by atoms with E-state index in [1.807, 2.05) is 19.1 Å².